The molecule has 0 aliphatic carbocycles. The SMILES string of the molecule is C1=COC(c2nc3ccccc3n2-c2cccc(-n3ccnc3)c2)O1. The number of para-hydroxylation sites is 2. The van der Waals surface area contributed by atoms with Crippen molar-refractivity contribution in [1.29, 1.82) is 0 Å². The molecule has 1 aliphatic rings. The maximum atomic E-state index is 5.53. The quantitative estimate of drug-likeness (QED) is 0.574. The standard InChI is InChI=1S/C19H14N4O2/c1-2-7-17-16(6-1)21-18(19-24-10-11-25-19)23(17)15-5-3-4-14(12-15)22-9-8-20-13-22/h1-13,19H. The van der Waals surface area contributed by atoms with E-state index in [1.807, 2.05) is 53.2 Å². The van der Waals surface area contributed by atoms with Crippen molar-refractivity contribution < 1.29 is 9.47 Å². The van der Waals surface area contributed by atoms with Crippen LogP contribution in [0.5, 0.6) is 0 Å². The lowest BCUT2D eigenvalue weighted by atomic mass is 10.2. The second-order valence-electron chi connectivity index (χ2n) is 5.66. The molecule has 0 saturated heterocycles. The lowest BCUT2D eigenvalue weighted by Crippen LogP contribution is -2.08. The first-order valence-corrected chi connectivity index (χ1v) is 7.92. The molecule has 5 rings (SSSR count). The monoisotopic (exact) mass is 330 g/mol. The molecule has 0 fully saturated rings. The van der Waals surface area contributed by atoms with Crippen LogP contribution in [-0.4, -0.2) is 19.1 Å². The molecule has 122 valence electrons. The van der Waals surface area contributed by atoms with Crippen LogP contribution in [0.3, 0.4) is 0 Å². The zero-order chi connectivity index (χ0) is 16.6. The van der Waals surface area contributed by atoms with Crippen molar-refractivity contribution in [1.82, 2.24) is 19.1 Å². The smallest absolute Gasteiger partial charge is 0.299 e. The molecule has 2 aromatic heterocycles. The third-order valence-corrected chi connectivity index (χ3v) is 4.15. The van der Waals surface area contributed by atoms with Gasteiger partial charge in [-0.3, -0.25) is 4.57 Å². The first-order chi connectivity index (χ1) is 12.4. The van der Waals surface area contributed by atoms with E-state index in [9.17, 15) is 0 Å². The van der Waals surface area contributed by atoms with Gasteiger partial charge in [-0.1, -0.05) is 18.2 Å². The van der Waals surface area contributed by atoms with Crippen LogP contribution in [0.25, 0.3) is 22.4 Å². The summed E-state index contributed by atoms with van der Waals surface area (Å²) in [6, 6.07) is 16.2. The minimum atomic E-state index is -0.552. The van der Waals surface area contributed by atoms with Crippen LogP contribution >= 0.6 is 0 Å². The molecule has 0 atom stereocenters. The van der Waals surface area contributed by atoms with Crippen molar-refractivity contribution in [3.8, 4) is 11.4 Å². The van der Waals surface area contributed by atoms with E-state index in [1.165, 1.54) is 12.5 Å². The average molecular weight is 330 g/mol. The Bertz CT molecular complexity index is 1060. The number of benzene rings is 2. The van der Waals surface area contributed by atoms with Gasteiger partial charge in [0.15, 0.2) is 5.82 Å². The molecular formula is C19H14N4O2. The molecule has 0 unspecified atom stereocenters. The molecule has 3 heterocycles. The highest BCUT2D eigenvalue weighted by Crippen LogP contribution is 2.30. The zero-order valence-electron chi connectivity index (χ0n) is 13.2. The van der Waals surface area contributed by atoms with Gasteiger partial charge in [0.1, 0.15) is 12.5 Å². The first-order valence-electron chi connectivity index (χ1n) is 7.92. The van der Waals surface area contributed by atoms with Crippen molar-refractivity contribution in [2.45, 2.75) is 6.29 Å². The topological polar surface area (TPSA) is 54.1 Å². The van der Waals surface area contributed by atoms with Crippen molar-refractivity contribution in [3.05, 3.63) is 85.6 Å². The fourth-order valence-corrected chi connectivity index (χ4v) is 3.04. The Morgan fingerprint density at radius 1 is 0.920 bits per heavy atom. The van der Waals surface area contributed by atoms with Gasteiger partial charge in [-0.05, 0) is 30.3 Å². The largest absolute Gasteiger partial charge is 0.452 e. The van der Waals surface area contributed by atoms with E-state index in [-0.39, 0.29) is 0 Å². The molecule has 0 amide bonds. The van der Waals surface area contributed by atoms with E-state index in [4.69, 9.17) is 14.5 Å². The molecular weight excluding hydrogens is 316 g/mol. The summed E-state index contributed by atoms with van der Waals surface area (Å²) in [6.45, 7) is 0. The second-order valence-corrected chi connectivity index (χ2v) is 5.66. The molecule has 0 spiro atoms. The molecule has 1 aliphatic heterocycles. The molecule has 4 aromatic rings. The Morgan fingerprint density at radius 3 is 2.60 bits per heavy atom. The maximum Gasteiger partial charge on any atom is 0.299 e. The molecule has 6 nitrogen and oxygen atoms in total. The lowest BCUT2D eigenvalue weighted by Gasteiger charge is -2.14. The molecule has 0 N–H and O–H groups in total. The summed E-state index contributed by atoms with van der Waals surface area (Å²) in [5.74, 6) is 0.703. The number of imidazole rings is 2. The van der Waals surface area contributed by atoms with E-state index < -0.39 is 6.29 Å². The molecule has 0 saturated carbocycles. The molecule has 25 heavy (non-hydrogen) atoms. The molecule has 0 bridgehead atoms. The Labute approximate surface area is 143 Å². The summed E-state index contributed by atoms with van der Waals surface area (Å²) in [6.07, 6.45) is 7.98. The fourth-order valence-electron chi connectivity index (χ4n) is 3.04. The Balaban J connectivity index is 1.72. The van der Waals surface area contributed by atoms with E-state index in [0.717, 1.165) is 22.4 Å². The van der Waals surface area contributed by atoms with Crippen LogP contribution in [0.4, 0.5) is 0 Å². The van der Waals surface area contributed by atoms with E-state index in [1.54, 1.807) is 12.5 Å². The third kappa shape index (κ3) is 2.27. The van der Waals surface area contributed by atoms with Crippen molar-refractivity contribution >= 4 is 11.0 Å². The minimum Gasteiger partial charge on any atom is -0.452 e. The van der Waals surface area contributed by atoms with Crippen LogP contribution < -0.4 is 0 Å². The van der Waals surface area contributed by atoms with Crippen molar-refractivity contribution in [3.63, 3.8) is 0 Å². The summed E-state index contributed by atoms with van der Waals surface area (Å²) in [4.78, 5) is 8.83. The predicted octanol–water partition coefficient (Wildman–Crippen LogP) is 3.73. The van der Waals surface area contributed by atoms with E-state index in [2.05, 4.69) is 15.6 Å². The molecule has 2 aromatic carbocycles. The normalized spacial score (nSPS) is 13.9. The Kier molecular flexibility index (Phi) is 3.06. The molecule has 6 heteroatoms. The Morgan fingerprint density at radius 2 is 1.76 bits per heavy atom. The van der Waals surface area contributed by atoms with E-state index in [0.29, 0.717) is 5.82 Å². The second kappa shape index (κ2) is 5.52. The van der Waals surface area contributed by atoms with Gasteiger partial charge in [-0.15, -0.1) is 0 Å². The number of fused-ring (bicyclic) bond motifs is 1. The van der Waals surface area contributed by atoms with Gasteiger partial charge in [0, 0.05) is 23.8 Å². The fraction of sp³-hybridized carbons (Fsp3) is 0.0526. The van der Waals surface area contributed by atoms with Gasteiger partial charge in [0.05, 0.1) is 17.4 Å². The minimum absolute atomic E-state index is 0.552. The van der Waals surface area contributed by atoms with E-state index >= 15 is 0 Å². The van der Waals surface area contributed by atoms with Crippen LogP contribution in [0, 0.1) is 0 Å². The van der Waals surface area contributed by atoms with Gasteiger partial charge in [-0.2, -0.15) is 0 Å². The maximum absolute atomic E-state index is 5.53. The summed E-state index contributed by atoms with van der Waals surface area (Å²) in [5, 5.41) is 0. The van der Waals surface area contributed by atoms with Gasteiger partial charge in [0.25, 0.3) is 6.29 Å². The zero-order valence-corrected chi connectivity index (χ0v) is 13.2. The number of hydrogen-bond donors (Lipinski definition) is 0. The number of ether oxygens (including phenoxy) is 2. The van der Waals surface area contributed by atoms with Crippen molar-refractivity contribution in [2.75, 3.05) is 0 Å². The first kappa shape index (κ1) is 13.9. The summed E-state index contributed by atoms with van der Waals surface area (Å²) in [5.41, 5.74) is 3.89. The average Bonchev–Trinajstić information content (AvgIpc) is 3.41. The Hall–Kier alpha value is -3.54. The van der Waals surface area contributed by atoms with Crippen LogP contribution in [-0.2, 0) is 9.47 Å². The highest BCUT2D eigenvalue weighted by atomic mass is 16.7. The summed E-state index contributed by atoms with van der Waals surface area (Å²) in [7, 11) is 0. The third-order valence-electron chi connectivity index (χ3n) is 4.15. The molecule has 0 radical (unpaired) electrons. The van der Waals surface area contributed by atoms with Crippen LogP contribution in [0.15, 0.2) is 79.8 Å². The predicted molar refractivity (Wildman–Crippen MR) is 92.2 cm³/mol. The number of aromatic nitrogens is 4. The van der Waals surface area contributed by atoms with Gasteiger partial charge >= 0.3 is 0 Å². The number of hydrogen-bond acceptors (Lipinski definition) is 4. The van der Waals surface area contributed by atoms with Gasteiger partial charge in [0.2, 0.25) is 0 Å². The van der Waals surface area contributed by atoms with Crippen LogP contribution in [0.1, 0.15) is 12.1 Å². The van der Waals surface area contributed by atoms with Gasteiger partial charge in [-0.25, -0.2) is 9.97 Å². The summed E-state index contributed by atoms with van der Waals surface area (Å²) < 4.78 is 15.1. The summed E-state index contributed by atoms with van der Waals surface area (Å²) >= 11 is 0. The van der Waals surface area contributed by atoms with Crippen molar-refractivity contribution in [2.24, 2.45) is 0 Å². The van der Waals surface area contributed by atoms with Gasteiger partial charge < -0.3 is 14.0 Å². The number of nitrogens with zero attached hydrogens (tertiary/aromatic N) is 4. The highest BCUT2D eigenvalue weighted by molar-refractivity contribution is 5.78. The lowest BCUT2D eigenvalue weighted by molar-refractivity contribution is -0.0322. The van der Waals surface area contributed by atoms with Crippen LogP contribution in [0.2, 0.25) is 0 Å². The highest BCUT2D eigenvalue weighted by Gasteiger charge is 2.25. The number of rotatable bonds is 3.